The van der Waals surface area contributed by atoms with Crippen molar-refractivity contribution in [3.05, 3.63) is 28.7 Å². The summed E-state index contributed by atoms with van der Waals surface area (Å²) in [6.07, 6.45) is 5.46. The van der Waals surface area contributed by atoms with E-state index in [2.05, 4.69) is 12.2 Å². The van der Waals surface area contributed by atoms with E-state index in [9.17, 15) is 4.79 Å². The Labute approximate surface area is 103 Å². The summed E-state index contributed by atoms with van der Waals surface area (Å²) in [4.78, 5) is 11.5. The van der Waals surface area contributed by atoms with Crippen LogP contribution in [0.1, 0.15) is 26.2 Å². The summed E-state index contributed by atoms with van der Waals surface area (Å²) in [6, 6.07) is 3.43. The zero-order valence-corrected chi connectivity index (χ0v) is 10.7. The van der Waals surface area contributed by atoms with Crippen molar-refractivity contribution in [2.45, 2.75) is 32.7 Å². The standard InChI is InChI=1S/C13H22N2O2/c1-3-4-5-8-14-12-6-7-13(16)15(11-12)9-10-17-2/h6-7,11,14H,3-5,8-10H2,1-2H3. The molecule has 0 unspecified atom stereocenters. The van der Waals surface area contributed by atoms with Crippen molar-refractivity contribution < 1.29 is 4.74 Å². The van der Waals surface area contributed by atoms with E-state index in [-0.39, 0.29) is 5.56 Å². The summed E-state index contributed by atoms with van der Waals surface area (Å²) in [5.41, 5.74) is 1.01. The number of anilines is 1. The Morgan fingerprint density at radius 3 is 2.88 bits per heavy atom. The average molecular weight is 238 g/mol. The highest BCUT2D eigenvalue weighted by atomic mass is 16.5. The molecule has 0 saturated carbocycles. The second kappa shape index (κ2) is 7.90. The van der Waals surface area contributed by atoms with Gasteiger partial charge in [-0.05, 0) is 12.5 Å². The van der Waals surface area contributed by atoms with Gasteiger partial charge in [0, 0.05) is 32.5 Å². The van der Waals surface area contributed by atoms with E-state index in [1.54, 1.807) is 17.7 Å². The van der Waals surface area contributed by atoms with Crippen LogP contribution in [0.15, 0.2) is 23.1 Å². The zero-order chi connectivity index (χ0) is 12.5. The molecule has 0 atom stereocenters. The van der Waals surface area contributed by atoms with E-state index in [0.717, 1.165) is 18.7 Å². The van der Waals surface area contributed by atoms with E-state index >= 15 is 0 Å². The maximum absolute atomic E-state index is 11.5. The quantitative estimate of drug-likeness (QED) is 0.705. The van der Waals surface area contributed by atoms with E-state index in [1.807, 2.05) is 12.3 Å². The van der Waals surface area contributed by atoms with Gasteiger partial charge in [-0.1, -0.05) is 19.8 Å². The molecule has 0 radical (unpaired) electrons. The summed E-state index contributed by atoms with van der Waals surface area (Å²) < 4.78 is 6.65. The molecule has 1 aromatic heterocycles. The van der Waals surface area contributed by atoms with Gasteiger partial charge < -0.3 is 14.6 Å². The molecule has 0 aliphatic carbocycles. The lowest BCUT2D eigenvalue weighted by Gasteiger charge is -2.09. The van der Waals surface area contributed by atoms with Gasteiger partial charge >= 0.3 is 0 Å². The van der Waals surface area contributed by atoms with Crippen LogP contribution in [0.2, 0.25) is 0 Å². The number of methoxy groups -OCH3 is 1. The molecule has 0 saturated heterocycles. The van der Waals surface area contributed by atoms with Crippen molar-refractivity contribution in [3.63, 3.8) is 0 Å². The van der Waals surface area contributed by atoms with Crippen molar-refractivity contribution in [1.82, 2.24) is 4.57 Å². The predicted molar refractivity (Wildman–Crippen MR) is 70.6 cm³/mol. The third-order valence-corrected chi connectivity index (χ3v) is 2.63. The Morgan fingerprint density at radius 2 is 2.18 bits per heavy atom. The van der Waals surface area contributed by atoms with E-state index in [0.29, 0.717) is 13.2 Å². The summed E-state index contributed by atoms with van der Waals surface area (Å²) in [5, 5.41) is 3.32. The second-order valence-electron chi connectivity index (χ2n) is 4.08. The van der Waals surface area contributed by atoms with Gasteiger partial charge in [0.05, 0.1) is 12.3 Å². The summed E-state index contributed by atoms with van der Waals surface area (Å²) >= 11 is 0. The molecule has 0 amide bonds. The molecule has 0 spiro atoms. The minimum Gasteiger partial charge on any atom is -0.384 e. The maximum atomic E-state index is 11.5. The molecule has 96 valence electrons. The molecule has 1 rings (SSSR count). The normalized spacial score (nSPS) is 10.5. The fraction of sp³-hybridized carbons (Fsp3) is 0.615. The van der Waals surface area contributed by atoms with E-state index in [1.165, 1.54) is 12.8 Å². The number of aromatic nitrogens is 1. The van der Waals surface area contributed by atoms with E-state index in [4.69, 9.17) is 4.74 Å². The molecule has 4 heteroatoms. The molecule has 1 heterocycles. The Hall–Kier alpha value is -1.29. The van der Waals surface area contributed by atoms with Crippen molar-refractivity contribution >= 4 is 5.69 Å². The van der Waals surface area contributed by atoms with Crippen LogP contribution in [0.25, 0.3) is 0 Å². The highest BCUT2D eigenvalue weighted by Crippen LogP contribution is 2.04. The molecular formula is C13H22N2O2. The lowest BCUT2D eigenvalue weighted by Crippen LogP contribution is -2.21. The molecule has 0 bridgehead atoms. The van der Waals surface area contributed by atoms with Gasteiger partial charge in [0.25, 0.3) is 5.56 Å². The average Bonchev–Trinajstić information content (AvgIpc) is 2.35. The smallest absolute Gasteiger partial charge is 0.250 e. The summed E-state index contributed by atoms with van der Waals surface area (Å²) in [6.45, 7) is 4.29. The molecule has 0 fully saturated rings. The van der Waals surface area contributed by atoms with Gasteiger partial charge in [0.15, 0.2) is 0 Å². The fourth-order valence-electron chi connectivity index (χ4n) is 1.61. The molecule has 1 aromatic rings. The lowest BCUT2D eigenvalue weighted by molar-refractivity contribution is 0.186. The Kier molecular flexibility index (Phi) is 6.40. The molecule has 0 aliphatic rings. The van der Waals surface area contributed by atoms with Gasteiger partial charge in [0.2, 0.25) is 0 Å². The van der Waals surface area contributed by atoms with Crippen LogP contribution < -0.4 is 10.9 Å². The van der Waals surface area contributed by atoms with Gasteiger partial charge in [-0.25, -0.2) is 0 Å². The first kappa shape index (κ1) is 13.8. The van der Waals surface area contributed by atoms with Gasteiger partial charge in [-0.2, -0.15) is 0 Å². The number of ether oxygens (including phenoxy) is 1. The van der Waals surface area contributed by atoms with Crippen LogP contribution in [0, 0.1) is 0 Å². The largest absolute Gasteiger partial charge is 0.384 e. The monoisotopic (exact) mass is 238 g/mol. The third kappa shape index (κ3) is 5.04. The van der Waals surface area contributed by atoms with Gasteiger partial charge in [0.1, 0.15) is 0 Å². The molecule has 1 N–H and O–H groups in total. The molecule has 17 heavy (non-hydrogen) atoms. The van der Waals surface area contributed by atoms with Crippen LogP contribution in [0.3, 0.4) is 0 Å². The van der Waals surface area contributed by atoms with Gasteiger partial charge in [-0.15, -0.1) is 0 Å². The van der Waals surface area contributed by atoms with Crippen LogP contribution in [-0.2, 0) is 11.3 Å². The predicted octanol–water partition coefficient (Wildman–Crippen LogP) is 2.10. The molecule has 4 nitrogen and oxygen atoms in total. The maximum Gasteiger partial charge on any atom is 0.250 e. The highest BCUT2D eigenvalue weighted by Gasteiger charge is 1.98. The first-order valence-corrected chi connectivity index (χ1v) is 6.21. The topological polar surface area (TPSA) is 43.3 Å². The zero-order valence-electron chi connectivity index (χ0n) is 10.7. The number of rotatable bonds is 8. The van der Waals surface area contributed by atoms with E-state index < -0.39 is 0 Å². The highest BCUT2D eigenvalue weighted by molar-refractivity contribution is 5.40. The number of hydrogen-bond acceptors (Lipinski definition) is 3. The van der Waals surface area contributed by atoms with Gasteiger partial charge in [-0.3, -0.25) is 4.79 Å². The van der Waals surface area contributed by atoms with Crippen molar-refractivity contribution in [2.75, 3.05) is 25.6 Å². The number of nitrogens with zero attached hydrogens (tertiary/aromatic N) is 1. The summed E-state index contributed by atoms with van der Waals surface area (Å²) in [5.74, 6) is 0. The fourth-order valence-corrected chi connectivity index (χ4v) is 1.61. The second-order valence-corrected chi connectivity index (χ2v) is 4.08. The van der Waals surface area contributed by atoms with Crippen molar-refractivity contribution in [2.24, 2.45) is 0 Å². The summed E-state index contributed by atoms with van der Waals surface area (Å²) in [7, 11) is 1.64. The van der Waals surface area contributed by atoms with Crippen molar-refractivity contribution in [1.29, 1.82) is 0 Å². The lowest BCUT2D eigenvalue weighted by atomic mass is 10.2. The number of pyridine rings is 1. The number of unbranched alkanes of at least 4 members (excludes halogenated alkanes) is 2. The molecule has 0 aliphatic heterocycles. The first-order chi connectivity index (χ1) is 8.27. The number of nitrogens with one attached hydrogen (secondary N) is 1. The van der Waals surface area contributed by atoms with Crippen LogP contribution in [0.4, 0.5) is 5.69 Å². The van der Waals surface area contributed by atoms with Crippen LogP contribution in [0.5, 0.6) is 0 Å². The first-order valence-electron chi connectivity index (χ1n) is 6.21. The Bertz CT molecular complexity index is 374. The van der Waals surface area contributed by atoms with Crippen LogP contribution in [-0.4, -0.2) is 24.8 Å². The number of hydrogen-bond donors (Lipinski definition) is 1. The van der Waals surface area contributed by atoms with Crippen molar-refractivity contribution in [3.8, 4) is 0 Å². The minimum absolute atomic E-state index is 0.0150. The molecular weight excluding hydrogens is 216 g/mol. The minimum atomic E-state index is 0.0150. The third-order valence-electron chi connectivity index (χ3n) is 2.63. The Morgan fingerprint density at radius 1 is 1.35 bits per heavy atom. The Balaban J connectivity index is 2.52. The van der Waals surface area contributed by atoms with Crippen LogP contribution >= 0.6 is 0 Å². The molecule has 0 aromatic carbocycles. The SMILES string of the molecule is CCCCCNc1ccc(=O)n(CCOC)c1.